The smallest absolute Gasteiger partial charge is 0.119 e. The molecular weight excluding hydrogens is 250 g/mol. The summed E-state index contributed by atoms with van der Waals surface area (Å²) in [7, 11) is 0. The summed E-state index contributed by atoms with van der Waals surface area (Å²) in [6.45, 7) is 2.71. The molecule has 1 saturated carbocycles. The minimum atomic E-state index is 0.418. The molecule has 0 unspecified atom stereocenters. The molecule has 20 heavy (non-hydrogen) atoms. The van der Waals surface area contributed by atoms with Crippen LogP contribution in [0.15, 0.2) is 30.5 Å². The fourth-order valence-electron chi connectivity index (χ4n) is 2.61. The third-order valence-corrected chi connectivity index (χ3v) is 3.70. The monoisotopic (exact) mass is 271 g/mol. The van der Waals surface area contributed by atoms with Crippen molar-refractivity contribution in [2.75, 3.05) is 5.32 Å². The van der Waals surface area contributed by atoms with Gasteiger partial charge in [0, 0.05) is 5.69 Å². The van der Waals surface area contributed by atoms with Crippen LogP contribution in [0.4, 0.5) is 5.69 Å². The van der Waals surface area contributed by atoms with Crippen LogP contribution in [0.3, 0.4) is 0 Å². The summed E-state index contributed by atoms with van der Waals surface area (Å²) in [6, 6.07) is 8.21. The molecule has 106 valence electrons. The predicted octanol–water partition coefficient (Wildman–Crippen LogP) is 3.65. The SMILES string of the molecule is Cc1ncc(CNc2ccc(OC3CCCC3)cc2)[nH]1. The Morgan fingerprint density at radius 1 is 1.25 bits per heavy atom. The first-order valence-corrected chi connectivity index (χ1v) is 7.31. The van der Waals surface area contributed by atoms with Crippen LogP contribution in [0, 0.1) is 6.92 Å². The van der Waals surface area contributed by atoms with E-state index in [1.807, 2.05) is 25.3 Å². The lowest BCUT2D eigenvalue weighted by Gasteiger charge is -2.13. The molecular formula is C16H21N3O. The molecule has 0 atom stereocenters. The normalized spacial score (nSPS) is 15.4. The van der Waals surface area contributed by atoms with Gasteiger partial charge >= 0.3 is 0 Å². The van der Waals surface area contributed by atoms with Gasteiger partial charge in [-0.05, 0) is 56.9 Å². The maximum atomic E-state index is 5.95. The first kappa shape index (κ1) is 13.0. The maximum absolute atomic E-state index is 5.95. The summed E-state index contributed by atoms with van der Waals surface area (Å²) in [5.41, 5.74) is 2.19. The minimum absolute atomic E-state index is 0.418. The van der Waals surface area contributed by atoms with Crippen molar-refractivity contribution < 1.29 is 4.74 Å². The Hall–Kier alpha value is -1.97. The van der Waals surface area contributed by atoms with Gasteiger partial charge in [-0.1, -0.05) is 0 Å². The highest BCUT2D eigenvalue weighted by Gasteiger charge is 2.16. The molecule has 0 saturated heterocycles. The summed E-state index contributed by atoms with van der Waals surface area (Å²) >= 11 is 0. The number of nitrogens with zero attached hydrogens (tertiary/aromatic N) is 1. The van der Waals surface area contributed by atoms with E-state index in [9.17, 15) is 0 Å². The van der Waals surface area contributed by atoms with Gasteiger partial charge in [0.1, 0.15) is 11.6 Å². The van der Waals surface area contributed by atoms with Crippen molar-refractivity contribution in [2.45, 2.75) is 45.3 Å². The molecule has 0 spiro atoms. The van der Waals surface area contributed by atoms with E-state index in [2.05, 4.69) is 27.4 Å². The van der Waals surface area contributed by atoms with E-state index >= 15 is 0 Å². The lowest BCUT2D eigenvalue weighted by molar-refractivity contribution is 0.210. The molecule has 0 aliphatic heterocycles. The predicted molar refractivity (Wildman–Crippen MR) is 80.0 cm³/mol. The van der Waals surface area contributed by atoms with Crippen molar-refractivity contribution in [3.8, 4) is 5.75 Å². The average molecular weight is 271 g/mol. The van der Waals surface area contributed by atoms with E-state index in [-0.39, 0.29) is 0 Å². The Morgan fingerprint density at radius 2 is 2.00 bits per heavy atom. The Morgan fingerprint density at radius 3 is 2.65 bits per heavy atom. The van der Waals surface area contributed by atoms with Crippen LogP contribution in [-0.2, 0) is 6.54 Å². The third-order valence-electron chi connectivity index (χ3n) is 3.70. The van der Waals surface area contributed by atoms with Crippen LogP contribution in [-0.4, -0.2) is 16.1 Å². The van der Waals surface area contributed by atoms with E-state index in [0.717, 1.165) is 29.5 Å². The van der Waals surface area contributed by atoms with Gasteiger partial charge in [0.15, 0.2) is 0 Å². The number of hydrogen-bond donors (Lipinski definition) is 2. The number of nitrogens with one attached hydrogen (secondary N) is 2. The van der Waals surface area contributed by atoms with Gasteiger partial charge in [-0.2, -0.15) is 0 Å². The van der Waals surface area contributed by atoms with Crippen LogP contribution in [0.5, 0.6) is 5.75 Å². The molecule has 1 aliphatic rings. The zero-order valence-corrected chi connectivity index (χ0v) is 11.9. The van der Waals surface area contributed by atoms with Crippen LogP contribution >= 0.6 is 0 Å². The number of rotatable bonds is 5. The summed E-state index contributed by atoms with van der Waals surface area (Å²) in [4.78, 5) is 7.39. The first-order chi connectivity index (χ1) is 9.79. The summed E-state index contributed by atoms with van der Waals surface area (Å²) < 4.78 is 5.95. The van der Waals surface area contributed by atoms with Gasteiger partial charge in [0.05, 0.1) is 24.5 Å². The fraction of sp³-hybridized carbons (Fsp3) is 0.438. The van der Waals surface area contributed by atoms with E-state index < -0.39 is 0 Å². The Labute approximate surface area is 119 Å². The quantitative estimate of drug-likeness (QED) is 0.872. The van der Waals surface area contributed by atoms with Crippen molar-refractivity contribution >= 4 is 5.69 Å². The number of aryl methyl sites for hydroxylation is 1. The number of aromatic amines is 1. The lowest BCUT2D eigenvalue weighted by atomic mass is 10.2. The number of benzene rings is 1. The summed E-state index contributed by atoms with van der Waals surface area (Å²) in [6.07, 6.45) is 7.27. The van der Waals surface area contributed by atoms with Gasteiger partial charge in [0.2, 0.25) is 0 Å². The summed E-state index contributed by atoms with van der Waals surface area (Å²) in [5, 5.41) is 3.37. The van der Waals surface area contributed by atoms with Gasteiger partial charge in [0.25, 0.3) is 0 Å². The standard InChI is InChI=1S/C16H21N3O/c1-12-17-10-14(19-12)11-18-13-6-8-16(9-7-13)20-15-4-2-3-5-15/h6-10,15,18H,2-5,11H2,1H3,(H,17,19). The highest BCUT2D eigenvalue weighted by Crippen LogP contribution is 2.25. The molecule has 1 fully saturated rings. The number of anilines is 1. The molecule has 1 aromatic carbocycles. The molecule has 4 nitrogen and oxygen atoms in total. The first-order valence-electron chi connectivity index (χ1n) is 7.31. The second-order valence-electron chi connectivity index (χ2n) is 5.40. The van der Waals surface area contributed by atoms with Crippen molar-refractivity contribution in [3.05, 3.63) is 42.0 Å². The lowest BCUT2D eigenvalue weighted by Crippen LogP contribution is -2.10. The molecule has 1 heterocycles. The zero-order valence-electron chi connectivity index (χ0n) is 11.9. The average Bonchev–Trinajstić information content (AvgIpc) is 3.10. The maximum Gasteiger partial charge on any atom is 0.119 e. The Kier molecular flexibility index (Phi) is 3.90. The largest absolute Gasteiger partial charge is 0.490 e. The highest BCUT2D eigenvalue weighted by atomic mass is 16.5. The van der Waals surface area contributed by atoms with Gasteiger partial charge < -0.3 is 15.0 Å². The fourth-order valence-corrected chi connectivity index (χ4v) is 2.61. The second kappa shape index (κ2) is 5.99. The van der Waals surface area contributed by atoms with Crippen LogP contribution in [0.2, 0.25) is 0 Å². The van der Waals surface area contributed by atoms with Crippen molar-refractivity contribution in [2.24, 2.45) is 0 Å². The molecule has 0 radical (unpaired) electrons. The molecule has 1 aromatic heterocycles. The number of aromatic nitrogens is 2. The van der Waals surface area contributed by atoms with Gasteiger partial charge in [-0.15, -0.1) is 0 Å². The second-order valence-corrected chi connectivity index (χ2v) is 5.40. The molecule has 0 bridgehead atoms. The topological polar surface area (TPSA) is 49.9 Å². The number of imidazole rings is 1. The van der Waals surface area contributed by atoms with Crippen molar-refractivity contribution in [1.29, 1.82) is 0 Å². The van der Waals surface area contributed by atoms with Crippen molar-refractivity contribution in [1.82, 2.24) is 9.97 Å². The Bertz CT molecular complexity index is 541. The summed E-state index contributed by atoms with van der Waals surface area (Å²) in [5.74, 6) is 1.92. The van der Waals surface area contributed by atoms with Crippen molar-refractivity contribution in [3.63, 3.8) is 0 Å². The highest BCUT2D eigenvalue weighted by molar-refractivity contribution is 5.46. The minimum Gasteiger partial charge on any atom is -0.490 e. The van der Waals surface area contributed by atoms with Crippen LogP contribution < -0.4 is 10.1 Å². The number of H-pyrrole nitrogens is 1. The van der Waals surface area contributed by atoms with E-state index in [1.54, 1.807) is 0 Å². The molecule has 2 N–H and O–H groups in total. The molecule has 3 rings (SSSR count). The molecule has 1 aliphatic carbocycles. The zero-order chi connectivity index (χ0) is 13.8. The molecule has 4 heteroatoms. The van der Waals surface area contributed by atoms with E-state index in [4.69, 9.17) is 4.74 Å². The van der Waals surface area contributed by atoms with Crippen LogP contribution in [0.1, 0.15) is 37.2 Å². The Balaban J connectivity index is 1.52. The molecule has 2 aromatic rings. The van der Waals surface area contributed by atoms with E-state index in [1.165, 1.54) is 25.7 Å². The van der Waals surface area contributed by atoms with E-state index in [0.29, 0.717) is 6.10 Å². The number of ether oxygens (including phenoxy) is 1. The molecule has 0 amide bonds. The third kappa shape index (κ3) is 3.32. The van der Waals surface area contributed by atoms with Gasteiger partial charge in [-0.3, -0.25) is 0 Å². The van der Waals surface area contributed by atoms with Gasteiger partial charge in [-0.25, -0.2) is 4.98 Å². The number of hydrogen-bond acceptors (Lipinski definition) is 3. The van der Waals surface area contributed by atoms with Crippen LogP contribution in [0.25, 0.3) is 0 Å².